The van der Waals surface area contributed by atoms with Gasteiger partial charge in [-0.15, -0.1) is 0 Å². The van der Waals surface area contributed by atoms with Crippen LogP contribution in [0.25, 0.3) is 0 Å². The van der Waals surface area contributed by atoms with E-state index in [0.717, 1.165) is 36.8 Å². The van der Waals surface area contributed by atoms with E-state index >= 15 is 0 Å². The standard InChI is InChI=1S/C58H102O12Si3/c1-36-28-42-23-26-47-37(2)29-41(64-47)22-20-39(59)21-25-48(70-73(18,19)58(10,11)12)52-33-46(61)55-49(67-52)27-24-43(66-55)30-40(60)31-45-51(34-50(65-42)38(36)3)68-53(54(45)62-13)32-44(69-72(16,17)57(7,8)9)35-63-71(14,15)56(4,5)6/h21,25,36,41-55,61H,2-3,20,22-24,26-35H2,1,4-19H3/b25-21+/t36?,41?,42?,43-,44?,45?,46-,47?,48?,49+,50?,51+,52?,53?,54-,55?/m1/s1. The van der Waals surface area contributed by atoms with Crippen molar-refractivity contribution in [3.8, 4) is 0 Å². The summed E-state index contributed by atoms with van der Waals surface area (Å²) in [5.74, 6) is 0.0590. The van der Waals surface area contributed by atoms with Crippen LogP contribution in [0.2, 0.25) is 54.4 Å². The lowest BCUT2D eigenvalue weighted by Gasteiger charge is -2.47. The van der Waals surface area contributed by atoms with Gasteiger partial charge in [0.15, 0.2) is 30.7 Å². The normalized spacial score (nSPS) is 37.2. The Morgan fingerprint density at radius 2 is 1.33 bits per heavy atom. The molecule has 8 rings (SSSR count). The second kappa shape index (κ2) is 24.0. The summed E-state index contributed by atoms with van der Waals surface area (Å²) in [6, 6.07) is 0. The van der Waals surface area contributed by atoms with Gasteiger partial charge in [0.2, 0.25) is 0 Å². The van der Waals surface area contributed by atoms with Gasteiger partial charge in [0.25, 0.3) is 0 Å². The Hall–Kier alpha value is -1.19. The highest BCUT2D eigenvalue weighted by Gasteiger charge is 2.52. The Balaban J connectivity index is 1.29. The topological polar surface area (TPSA) is 137 Å². The Morgan fingerprint density at radius 3 is 1.97 bits per heavy atom. The monoisotopic (exact) mass is 1070 g/mol. The number of ketones is 2. The van der Waals surface area contributed by atoms with Gasteiger partial charge in [-0.05, 0) is 122 Å². The van der Waals surface area contributed by atoms with Crippen molar-refractivity contribution in [2.45, 2.75) is 293 Å². The van der Waals surface area contributed by atoms with E-state index in [0.29, 0.717) is 45.1 Å². The number of allylic oxidation sites excluding steroid dienone is 1. The third-order valence-corrected chi connectivity index (χ3v) is 32.5. The average Bonchev–Trinajstić information content (AvgIpc) is 3.79. The first-order chi connectivity index (χ1) is 33.7. The number of fused-ring (bicyclic) bond motifs is 2. The smallest absolute Gasteiger partial charge is 0.193 e. The maximum Gasteiger partial charge on any atom is 0.193 e. The maximum absolute atomic E-state index is 14.6. The lowest BCUT2D eigenvalue weighted by Crippen LogP contribution is -2.57. The second-order valence-electron chi connectivity index (χ2n) is 27.7. The fraction of sp³-hybridized carbons (Fsp3) is 0.862. The van der Waals surface area contributed by atoms with Gasteiger partial charge in [-0.1, -0.05) is 88.5 Å². The molecule has 0 spiro atoms. The highest BCUT2D eigenvalue weighted by Crippen LogP contribution is 2.46. The highest BCUT2D eigenvalue weighted by molar-refractivity contribution is 6.75. The fourth-order valence-corrected chi connectivity index (χ4v) is 14.8. The molecule has 418 valence electrons. The molecule has 5 saturated heterocycles. The molecule has 16 atom stereocenters. The van der Waals surface area contributed by atoms with Crippen molar-refractivity contribution in [2.75, 3.05) is 13.7 Å². The van der Waals surface area contributed by atoms with Crippen molar-refractivity contribution >= 4 is 36.5 Å². The molecule has 8 heterocycles. The van der Waals surface area contributed by atoms with Crippen molar-refractivity contribution in [3.05, 3.63) is 36.5 Å². The Kier molecular flexibility index (Phi) is 20.1. The first-order valence-electron chi connectivity index (χ1n) is 28.3. The lowest BCUT2D eigenvalue weighted by molar-refractivity contribution is -0.236. The number of aliphatic hydroxyl groups is 1. The summed E-state index contributed by atoms with van der Waals surface area (Å²) in [6.07, 6.45) is 5.80. The third kappa shape index (κ3) is 15.3. The van der Waals surface area contributed by atoms with Crippen molar-refractivity contribution in [2.24, 2.45) is 11.8 Å². The molecule has 1 N–H and O–H groups in total. The van der Waals surface area contributed by atoms with Crippen LogP contribution in [0.15, 0.2) is 36.5 Å². The summed E-state index contributed by atoms with van der Waals surface area (Å²) in [6.45, 7) is 45.5. The van der Waals surface area contributed by atoms with E-state index in [-0.39, 0.29) is 119 Å². The average molecular weight is 1080 g/mol. The minimum Gasteiger partial charge on any atom is -0.414 e. The van der Waals surface area contributed by atoms with Crippen molar-refractivity contribution in [1.82, 2.24) is 0 Å². The zero-order chi connectivity index (χ0) is 54.2. The summed E-state index contributed by atoms with van der Waals surface area (Å²) in [7, 11) is -4.98. The molecular formula is C58H102O12Si3. The number of carbonyl (C=O) groups excluding carboxylic acids is 2. The molecule has 8 bridgehead atoms. The zero-order valence-corrected chi connectivity index (χ0v) is 51.6. The van der Waals surface area contributed by atoms with Crippen LogP contribution < -0.4 is 0 Å². The number of methoxy groups -OCH3 is 1. The number of hydrogen-bond acceptors (Lipinski definition) is 12. The molecule has 8 aliphatic heterocycles. The molecular weight excluding hydrogens is 973 g/mol. The Labute approximate surface area is 445 Å². The number of aliphatic hydroxyl groups excluding tert-OH is 1. The Morgan fingerprint density at radius 1 is 0.699 bits per heavy atom. The molecule has 0 amide bonds. The van der Waals surface area contributed by atoms with Crippen LogP contribution in [-0.4, -0.2) is 141 Å². The van der Waals surface area contributed by atoms with Gasteiger partial charge in [0, 0.05) is 51.6 Å². The van der Waals surface area contributed by atoms with Crippen LogP contribution in [0.5, 0.6) is 0 Å². The van der Waals surface area contributed by atoms with Gasteiger partial charge >= 0.3 is 0 Å². The number of Topliss-reactive ketones (excluding diaryl/α,β-unsaturated/α-hetero) is 1. The summed E-state index contributed by atoms with van der Waals surface area (Å²) >= 11 is 0. The van der Waals surface area contributed by atoms with Gasteiger partial charge < -0.3 is 46.8 Å². The van der Waals surface area contributed by atoms with Crippen molar-refractivity contribution < 1.29 is 56.4 Å². The number of ether oxygens (including phenoxy) is 6. The molecule has 8 aliphatic rings. The summed E-state index contributed by atoms with van der Waals surface area (Å²) in [5.41, 5.74) is 2.12. The predicted octanol–water partition coefficient (Wildman–Crippen LogP) is 12.1. The van der Waals surface area contributed by atoms with Gasteiger partial charge in [0.1, 0.15) is 11.9 Å². The minimum atomic E-state index is -2.34. The van der Waals surface area contributed by atoms with E-state index in [9.17, 15) is 14.7 Å². The van der Waals surface area contributed by atoms with E-state index in [2.05, 4.69) is 122 Å². The Bertz CT molecular complexity index is 1930. The largest absolute Gasteiger partial charge is 0.414 e. The van der Waals surface area contributed by atoms with E-state index in [4.69, 9.17) is 41.7 Å². The fourth-order valence-electron chi connectivity index (χ4n) is 11.2. The summed E-state index contributed by atoms with van der Waals surface area (Å²) < 4.78 is 61.9. The lowest BCUT2D eigenvalue weighted by atomic mass is 9.81. The molecule has 15 heteroatoms. The first kappa shape index (κ1) is 61.0. The van der Waals surface area contributed by atoms with Crippen LogP contribution in [0, 0.1) is 11.8 Å². The van der Waals surface area contributed by atoms with Gasteiger partial charge in [-0.25, -0.2) is 0 Å². The molecule has 5 fully saturated rings. The van der Waals surface area contributed by atoms with E-state index in [1.54, 1.807) is 13.2 Å². The molecule has 0 aromatic carbocycles. The molecule has 12 nitrogen and oxygen atoms in total. The third-order valence-electron chi connectivity index (χ3n) is 19.0. The number of rotatable bonds is 10. The molecule has 0 radical (unpaired) electrons. The van der Waals surface area contributed by atoms with E-state index in [1.165, 1.54) is 0 Å². The van der Waals surface area contributed by atoms with E-state index in [1.807, 2.05) is 6.08 Å². The van der Waals surface area contributed by atoms with Crippen LogP contribution in [-0.2, 0) is 51.3 Å². The molecule has 73 heavy (non-hydrogen) atoms. The van der Waals surface area contributed by atoms with Gasteiger partial charge in [-0.2, -0.15) is 0 Å². The highest BCUT2D eigenvalue weighted by atomic mass is 28.4. The molecule has 11 unspecified atom stereocenters. The van der Waals surface area contributed by atoms with Crippen LogP contribution in [0.4, 0.5) is 0 Å². The zero-order valence-electron chi connectivity index (χ0n) is 48.6. The molecule has 0 aliphatic carbocycles. The summed E-state index contributed by atoms with van der Waals surface area (Å²) in [4.78, 5) is 28.2. The number of carbonyl (C=O) groups is 2. The van der Waals surface area contributed by atoms with Crippen LogP contribution in [0.1, 0.15) is 153 Å². The molecule has 0 saturated carbocycles. The SMILES string of the molecule is C=C1CC2CCC(=O)/C=C/C(O[Si](C)(C)C(C)(C)C)C3C[C@@H](O)C4O[C@H](CC[C@@H]4O3)CC(=O)CC3[C@@H](OC)C(CC(CO[Si](C)(C)C(C)(C)C)O[Si](C)(C)C(C)(C)C)O[C@H]3CC3OC(CCC1O2)CC(C)C3=C. The van der Waals surface area contributed by atoms with Crippen molar-refractivity contribution in [1.29, 1.82) is 0 Å². The predicted molar refractivity (Wildman–Crippen MR) is 298 cm³/mol. The van der Waals surface area contributed by atoms with E-state index < -0.39 is 49.4 Å². The van der Waals surface area contributed by atoms with Crippen LogP contribution in [0.3, 0.4) is 0 Å². The molecule has 0 aromatic rings. The second-order valence-corrected chi connectivity index (χ2v) is 42.1. The van der Waals surface area contributed by atoms with Crippen molar-refractivity contribution in [3.63, 3.8) is 0 Å². The first-order valence-corrected chi connectivity index (χ1v) is 37.0. The minimum absolute atomic E-state index is 0.00752. The van der Waals surface area contributed by atoms with Crippen LogP contribution >= 0.6 is 0 Å². The summed E-state index contributed by atoms with van der Waals surface area (Å²) in [5, 5.41) is 11.8. The quantitative estimate of drug-likeness (QED) is 0.165. The van der Waals surface area contributed by atoms with Gasteiger partial charge in [-0.3, -0.25) is 9.59 Å². The maximum atomic E-state index is 14.6. The van der Waals surface area contributed by atoms with Gasteiger partial charge in [0.05, 0.1) is 86.0 Å². The number of hydrogen-bond donors (Lipinski definition) is 1. The molecule has 0 aromatic heterocycles.